The van der Waals surface area contributed by atoms with E-state index in [4.69, 9.17) is 0 Å². The molecule has 2 aliphatic heterocycles. The number of hydrogen-bond donors (Lipinski definition) is 3. The third kappa shape index (κ3) is 1.30. The second-order valence-electron chi connectivity index (χ2n) is 5.87. The first-order valence-electron chi connectivity index (χ1n) is 6.27. The van der Waals surface area contributed by atoms with E-state index in [9.17, 15) is 10.2 Å². The number of piperidine rings is 1. The zero-order valence-corrected chi connectivity index (χ0v) is 9.21. The molecule has 86 valence electrons. The predicted octanol–water partition coefficient (Wildman–Crippen LogP) is 0.794. The molecule has 15 heavy (non-hydrogen) atoms. The second kappa shape index (κ2) is 3.19. The molecule has 0 aromatic heterocycles. The van der Waals surface area contributed by atoms with E-state index in [-0.39, 0.29) is 12.0 Å². The Morgan fingerprint density at radius 2 is 1.73 bits per heavy atom. The van der Waals surface area contributed by atoms with Gasteiger partial charge < -0.3 is 15.5 Å². The molecule has 0 aromatic carbocycles. The highest BCUT2D eigenvalue weighted by molar-refractivity contribution is 5.11. The average molecular weight is 211 g/mol. The number of fused-ring (bicyclic) bond motifs is 2. The third-order valence-corrected chi connectivity index (χ3v) is 5.10. The van der Waals surface area contributed by atoms with E-state index < -0.39 is 5.60 Å². The minimum atomic E-state index is -0.586. The summed E-state index contributed by atoms with van der Waals surface area (Å²) in [6.45, 7) is 0.170. The van der Waals surface area contributed by atoms with E-state index in [1.807, 2.05) is 0 Å². The van der Waals surface area contributed by atoms with Gasteiger partial charge in [-0.15, -0.1) is 0 Å². The predicted molar refractivity (Wildman–Crippen MR) is 57.5 cm³/mol. The number of nitrogens with one attached hydrogen (secondary N) is 1. The van der Waals surface area contributed by atoms with Crippen molar-refractivity contribution >= 4 is 0 Å². The Kier molecular flexibility index (Phi) is 2.14. The van der Waals surface area contributed by atoms with Gasteiger partial charge in [0.2, 0.25) is 0 Å². The number of hydrogen-bond acceptors (Lipinski definition) is 3. The van der Waals surface area contributed by atoms with Gasteiger partial charge in [-0.05, 0) is 38.5 Å². The van der Waals surface area contributed by atoms with Crippen molar-refractivity contribution in [2.75, 3.05) is 6.61 Å². The first kappa shape index (κ1) is 10.1. The van der Waals surface area contributed by atoms with E-state index in [0.717, 1.165) is 25.7 Å². The summed E-state index contributed by atoms with van der Waals surface area (Å²) in [5.41, 5.74) is -0.743. The Bertz CT molecular complexity index is 245. The maximum Gasteiger partial charge on any atom is 0.0755 e. The van der Waals surface area contributed by atoms with E-state index in [0.29, 0.717) is 12.1 Å². The smallest absolute Gasteiger partial charge is 0.0755 e. The van der Waals surface area contributed by atoms with E-state index in [1.165, 1.54) is 19.3 Å². The van der Waals surface area contributed by atoms with Crippen LogP contribution in [-0.4, -0.2) is 34.5 Å². The van der Waals surface area contributed by atoms with Gasteiger partial charge in [0, 0.05) is 17.5 Å². The summed E-state index contributed by atoms with van der Waals surface area (Å²) in [4.78, 5) is 0. The SMILES string of the molecule is OCC1(C2(O)CC3CCC(C2)N3)CCC1. The standard InChI is InChI=1S/C12H21NO2/c14-8-11(4-1-5-11)12(15)6-9-2-3-10(7-12)13-9/h9-10,13-15H,1-8H2. The lowest BCUT2D eigenvalue weighted by Gasteiger charge is -2.55. The summed E-state index contributed by atoms with van der Waals surface area (Å²) in [7, 11) is 0. The Morgan fingerprint density at radius 3 is 2.13 bits per heavy atom. The van der Waals surface area contributed by atoms with Crippen LogP contribution in [0.25, 0.3) is 0 Å². The monoisotopic (exact) mass is 211 g/mol. The van der Waals surface area contributed by atoms with Crippen molar-refractivity contribution < 1.29 is 10.2 Å². The zero-order valence-electron chi connectivity index (χ0n) is 9.21. The molecule has 3 aliphatic rings. The molecule has 3 heteroatoms. The fourth-order valence-corrected chi connectivity index (χ4v) is 3.93. The summed E-state index contributed by atoms with van der Waals surface area (Å²) in [5, 5.41) is 23.9. The molecule has 2 saturated heterocycles. The Hall–Kier alpha value is -0.120. The topological polar surface area (TPSA) is 52.5 Å². The van der Waals surface area contributed by atoms with Crippen molar-refractivity contribution in [2.24, 2.45) is 5.41 Å². The molecule has 0 spiro atoms. The summed E-state index contributed by atoms with van der Waals surface area (Å²) in [6.07, 6.45) is 7.31. The fourth-order valence-electron chi connectivity index (χ4n) is 3.93. The van der Waals surface area contributed by atoms with Crippen LogP contribution in [0, 0.1) is 5.41 Å². The van der Waals surface area contributed by atoms with Crippen molar-refractivity contribution in [3.63, 3.8) is 0 Å². The highest BCUT2D eigenvalue weighted by Gasteiger charge is 2.57. The molecule has 0 radical (unpaired) electrons. The lowest BCUT2D eigenvalue weighted by atomic mass is 9.55. The highest BCUT2D eigenvalue weighted by Crippen LogP contribution is 2.55. The minimum absolute atomic E-state index is 0.157. The lowest BCUT2D eigenvalue weighted by Crippen LogP contribution is -2.61. The molecule has 0 aromatic rings. The van der Waals surface area contributed by atoms with Gasteiger partial charge >= 0.3 is 0 Å². The van der Waals surface area contributed by atoms with Crippen LogP contribution in [0.2, 0.25) is 0 Å². The fraction of sp³-hybridized carbons (Fsp3) is 1.00. The van der Waals surface area contributed by atoms with Gasteiger partial charge in [0.05, 0.1) is 12.2 Å². The molecular formula is C12H21NO2. The quantitative estimate of drug-likeness (QED) is 0.633. The van der Waals surface area contributed by atoms with Gasteiger partial charge in [-0.3, -0.25) is 0 Å². The van der Waals surface area contributed by atoms with Crippen LogP contribution < -0.4 is 5.32 Å². The van der Waals surface area contributed by atoms with Crippen LogP contribution in [0.4, 0.5) is 0 Å². The van der Waals surface area contributed by atoms with Gasteiger partial charge in [-0.1, -0.05) is 6.42 Å². The molecule has 3 rings (SSSR count). The van der Waals surface area contributed by atoms with Crippen LogP contribution >= 0.6 is 0 Å². The second-order valence-corrected chi connectivity index (χ2v) is 5.87. The molecule has 2 atom stereocenters. The van der Waals surface area contributed by atoms with Crippen LogP contribution in [0.3, 0.4) is 0 Å². The molecule has 2 bridgehead atoms. The first-order chi connectivity index (χ1) is 7.17. The van der Waals surface area contributed by atoms with Crippen molar-refractivity contribution in [2.45, 2.75) is 62.6 Å². The van der Waals surface area contributed by atoms with Crippen molar-refractivity contribution in [3.05, 3.63) is 0 Å². The molecule has 0 amide bonds. The Labute approximate surface area is 90.9 Å². The van der Waals surface area contributed by atoms with Crippen LogP contribution in [-0.2, 0) is 0 Å². The molecule has 3 nitrogen and oxygen atoms in total. The largest absolute Gasteiger partial charge is 0.396 e. The van der Waals surface area contributed by atoms with Gasteiger partial charge in [-0.25, -0.2) is 0 Å². The van der Waals surface area contributed by atoms with Crippen LogP contribution in [0.5, 0.6) is 0 Å². The number of aliphatic hydroxyl groups is 2. The molecule has 3 fully saturated rings. The highest BCUT2D eigenvalue weighted by atomic mass is 16.3. The van der Waals surface area contributed by atoms with E-state index in [2.05, 4.69) is 5.32 Å². The molecule has 3 N–H and O–H groups in total. The summed E-state index contributed by atoms with van der Waals surface area (Å²) in [5.74, 6) is 0. The van der Waals surface area contributed by atoms with Gasteiger partial charge in [0.1, 0.15) is 0 Å². The number of aliphatic hydroxyl groups excluding tert-OH is 1. The van der Waals surface area contributed by atoms with Crippen LogP contribution in [0.15, 0.2) is 0 Å². The summed E-state index contributed by atoms with van der Waals surface area (Å²) < 4.78 is 0. The molecule has 2 unspecified atom stereocenters. The maximum atomic E-state index is 10.8. The van der Waals surface area contributed by atoms with E-state index >= 15 is 0 Å². The third-order valence-electron chi connectivity index (χ3n) is 5.10. The summed E-state index contributed by atoms with van der Waals surface area (Å²) >= 11 is 0. The Morgan fingerprint density at radius 1 is 1.13 bits per heavy atom. The normalized spacial score (nSPS) is 47.6. The average Bonchev–Trinajstić information content (AvgIpc) is 2.44. The zero-order chi connectivity index (χ0) is 10.5. The van der Waals surface area contributed by atoms with Gasteiger partial charge in [0.15, 0.2) is 0 Å². The Balaban J connectivity index is 1.83. The van der Waals surface area contributed by atoms with Gasteiger partial charge in [-0.2, -0.15) is 0 Å². The molecule has 1 saturated carbocycles. The maximum absolute atomic E-state index is 10.8. The van der Waals surface area contributed by atoms with Crippen LogP contribution in [0.1, 0.15) is 44.9 Å². The lowest BCUT2D eigenvalue weighted by molar-refractivity contribution is -0.171. The molecule has 2 heterocycles. The molecular weight excluding hydrogens is 190 g/mol. The molecule has 1 aliphatic carbocycles. The summed E-state index contributed by atoms with van der Waals surface area (Å²) in [6, 6.07) is 0.996. The number of rotatable bonds is 2. The van der Waals surface area contributed by atoms with Crippen molar-refractivity contribution in [3.8, 4) is 0 Å². The van der Waals surface area contributed by atoms with Gasteiger partial charge in [0.25, 0.3) is 0 Å². The van der Waals surface area contributed by atoms with Crippen molar-refractivity contribution in [1.29, 1.82) is 0 Å². The first-order valence-corrected chi connectivity index (χ1v) is 6.27. The van der Waals surface area contributed by atoms with E-state index in [1.54, 1.807) is 0 Å². The van der Waals surface area contributed by atoms with Crippen molar-refractivity contribution in [1.82, 2.24) is 5.32 Å². The minimum Gasteiger partial charge on any atom is -0.396 e.